The first-order chi connectivity index (χ1) is 12.6. The second-order valence-corrected chi connectivity index (χ2v) is 8.59. The van der Waals surface area contributed by atoms with Crippen molar-refractivity contribution < 1.29 is 26.4 Å². The highest BCUT2D eigenvalue weighted by Gasteiger charge is 2.26. The summed E-state index contributed by atoms with van der Waals surface area (Å²) in [7, 11) is -3.30. The summed E-state index contributed by atoms with van der Waals surface area (Å²) in [4.78, 5) is 16.2. The molecule has 6 nitrogen and oxygen atoms in total. The van der Waals surface area contributed by atoms with Crippen LogP contribution in [0.3, 0.4) is 0 Å². The summed E-state index contributed by atoms with van der Waals surface area (Å²) in [6.45, 7) is 1.16. The molecule has 2 aromatic rings. The zero-order valence-electron chi connectivity index (χ0n) is 14.3. The van der Waals surface area contributed by atoms with Gasteiger partial charge in [-0.1, -0.05) is 12.1 Å². The van der Waals surface area contributed by atoms with Crippen LogP contribution >= 0.6 is 11.3 Å². The molecule has 2 rings (SSSR count). The van der Waals surface area contributed by atoms with Gasteiger partial charge in [-0.15, -0.1) is 11.3 Å². The second kappa shape index (κ2) is 8.81. The van der Waals surface area contributed by atoms with Crippen molar-refractivity contribution in [2.24, 2.45) is 0 Å². The van der Waals surface area contributed by atoms with E-state index in [1.807, 2.05) is 0 Å². The molecule has 0 atom stereocenters. The second-order valence-electron chi connectivity index (χ2n) is 5.55. The van der Waals surface area contributed by atoms with E-state index in [0.29, 0.717) is 16.3 Å². The number of nitrogens with zero attached hydrogens (tertiary/aromatic N) is 1. The van der Waals surface area contributed by atoms with Crippen LogP contribution in [-0.4, -0.2) is 37.8 Å². The van der Waals surface area contributed by atoms with E-state index in [1.165, 1.54) is 30.4 Å². The maximum atomic E-state index is 12.1. The van der Waals surface area contributed by atoms with Crippen molar-refractivity contribution >= 4 is 27.3 Å². The van der Waals surface area contributed by atoms with Crippen LogP contribution in [-0.2, 0) is 16.6 Å². The van der Waals surface area contributed by atoms with E-state index >= 15 is 0 Å². The molecule has 1 amide bonds. The Bertz CT molecular complexity index is 878. The van der Waals surface area contributed by atoms with Crippen LogP contribution < -0.4 is 10.0 Å². The molecule has 0 radical (unpaired) electrons. The fourth-order valence-corrected chi connectivity index (χ4v) is 3.41. The molecule has 0 aliphatic rings. The number of sulfonamides is 1. The SMILES string of the molecule is CCS(=O)(=O)NCc1nc(-c2ccc(C(=O)NCCC(F)(F)F)cc2)cs1. The van der Waals surface area contributed by atoms with Crippen molar-refractivity contribution in [3.63, 3.8) is 0 Å². The van der Waals surface area contributed by atoms with E-state index in [-0.39, 0.29) is 17.9 Å². The molecule has 0 aliphatic carbocycles. The van der Waals surface area contributed by atoms with Crippen molar-refractivity contribution in [1.82, 2.24) is 15.0 Å². The number of benzene rings is 1. The monoisotopic (exact) mass is 421 g/mol. The molecule has 0 saturated heterocycles. The van der Waals surface area contributed by atoms with Crippen molar-refractivity contribution in [2.45, 2.75) is 26.1 Å². The number of alkyl halides is 3. The van der Waals surface area contributed by atoms with E-state index < -0.39 is 35.1 Å². The first kappa shape index (κ1) is 21.3. The normalized spacial score (nSPS) is 12.1. The van der Waals surface area contributed by atoms with Gasteiger partial charge in [-0.2, -0.15) is 13.2 Å². The lowest BCUT2D eigenvalue weighted by molar-refractivity contribution is -0.132. The summed E-state index contributed by atoms with van der Waals surface area (Å²) in [6.07, 6.45) is -5.40. The number of rotatable bonds is 8. The van der Waals surface area contributed by atoms with Crippen LogP contribution in [0.4, 0.5) is 13.2 Å². The highest BCUT2D eigenvalue weighted by atomic mass is 32.2. The summed E-state index contributed by atoms with van der Waals surface area (Å²) in [5.41, 5.74) is 1.57. The summed E-state index contributed by atoms with van der Waals surface area (Å²) in [5, 5.41) is 4.57. The Kier molecular flexibility index (Phi) is 6.95. The van der Waals surface area contributed by atoms with Gasteiger partial charge in [0.2, 0.25) is 10.0 Å². The van der Waals surface area contributed by atoms with Crippen LogP contribution in [0.25, 0.3) is 11.3 Å². The van der Waals surface area contributed by atoms with Gasteiger partial charge in [-0.3, -0.25) is 4.79 Å². The molecule has 1 aromatic carbocycles. The number of carbonyl (C=O) groups excluding carboxylic acids is 1. The molecule has 11 heteroatoms. The number of hydrogen-bond acceptors (Lipinski definition) is 5. The summed E-state index contributed by atoms with van der Waals surface area (Å²) in [6, 6.07) is 6.26. The van der Waals surface area contributed by atoms with Crippen molar-refractivity contribution in [1.29, 1.82) is 0 Å². The Morgan fingerprint density at radius 3 is 2.48 bits per heavy atom. The van der Waals surface area contributed by atoms with E-state index in [1.54, 1.807) is 17.5 Å². The Hall–Kier alpha value is -1.98. The van der Waals surface area contributed by atoms with Gasteiger partial charge < -0.3 is 5.32 Å². The van der Waals surface area contributed by atoms with Gasteiger partial charge in [-0.25, -0.2) is 18.1 Å². The molecule has 148 valence electrons. The minimum atomic E-state index is -4.31. The van der Waals surface area contributed by atoms with Crippen LogP contribution in [0.5, 0.6) is 0 Å². The number of amides is 1. The standard InChI is InChI=1S/C16H18F3N3O3S2/c1-2-27(24,25)21-9-14-22-13(10-26-14)11-3-5-12(6-4-11)15(23)20-8-7-16(17,18)19/h3-6,10,21H,2,7-9H2,1H3,(H,20,23). The Morgan fingerprint density at radius 1 is 1.22 bits per heavy atom. The quantitative estimate of drug-likeness (QED) is 0.686. The van der Waals surface area contributed by atoms with Gasteiger partial charge in [0, 0.05) is 23.1 Å². The molecule has 0 unspecified atom stereocenters. The number of halogens is 3. The predicted octanol–water partition coefficient (Wildman–Crippen LogP) is 2.93. The molecule has 0 saturated carbocycles. The van der Waals surface area contributed by atoms with Crippen LogP contribution in [0.2, 0.25) is 0 Å². The number of hydrogen-bond donors (Lipinski definition) is 2. The largest absolute Gasteiger partial charge is 0.390 e. The summed E-state index contributed by atoms with van der Waals surface area (Å²) >= 11 is 1.30. The van der Waals surface area contributed by atoms with Gasteiger partial charge in [0.25, 0.3) is 5.91 Å². The maximum Gasteiger partial charge on any atom is 0.390 e. The topological polar surface area (TPSA) is 88.2 Å². The van der Waals surface area contributed by atoms with E-state index in [0.717, 1.165) is 0 Å². The van der Waals surface area contributed by atoms with Crippen molar-refractivity contribution in [3.05, 3.63) is 40.2 Å². The van der Waals surface area contributed by atoms with E-state index in [9.17, 15) is 26.4 Å². The summed E-state index contributed by atoms with van der Waals surface area (Å²) < 4.78 is 61.6. The van der Waals surface area contributed by atoms with Gasteiger partial charge in [0.15, 0.2) is 0 Å². The average molecular weight is 421 g/mol. The minimum Gasteiger partial charge on any atom is -0.352 e. The minimum absolute atomic E-state index is 0.0161. The number of carbonyl (C=O) groups is 1. The highest BCUT2D eigenvalue weighted by Crippen LogP contribution is 2.23. The molecular formula is C16H18F3N3O3S2. The van der Waals surface area contributed by atoms with Crippen molar-refractivity contribution in [2.75, 3.05) is 12.3 Å². The third kappa shape index (κ3) is 6.92. The number of nitrogens with one attached hydrogen (secondary N) is 2. The molecule has 1 heterocycles. The molecule has 0 bridgehead atoms. The first-order valence-electron chi connectivity index (χ1n) is 7.97. The van der Waals surface area contributed by atoms with E-state index in [2.05, 4.69) is 15.0 Å². The van der Waals surface area contributed by atoms with E-state index in [4.69, 9.17) is 0 Å². The molecule has 0 fully saturated rings. The van der Waals surface area contributed by atoms with Gasteiger partial charge >= 0.3 is 6.18 Å². The molecule has 0 aliphatic heterocycles. The first-order valence-corrected chi connectivity index (χ1v) is 10.5. The van der Waals surface area contributed by atoms with Gasteiger partial charge in [0.05, 0.1) is 24.4 Å². The lowest BCUT2D eigenvalue weighted by Gasteiger charge is -2.08. The Labute approximate surface area is 158 Å². The zero-order valence-corrected chi connectivity index (χ0v) is 16.0. The predicted molar refractivity (Wildman–Crippen MR) is 96.9 cm³/mol. The highest BCUT2D eigenvalue weighted by molar-refractivity contribution is 7.89. The molecule has 0 spiro atoms. The van der Waals surface area contributed by atoms with Gasteiger partial charge in [0.1, 0.15) is 5.01 Å². The fourth-order valence-electron chi connectivity index (χ4n) is 2.01. The Balaban J connectivity index is 1.96. The molecule has 1 aromatic heterocycles. The zero-order chi connectivity index (χ0) is 20.1. The lowest BCUT2D eigenvalue weighted by Crippen LogP contribution is -2.27. The van der Waals surface area contributed by atoms with Crippen LogP contribution in [0.15, 0.2) is 29.6 Å². The van der Waals surface area contributed by atoms with Crippen LogP contribution in [0, 0.1) is 0 Å². The average Bonchev–Trinajstić information content (AvgIpc) is 3.08. The van der Waals surface area contributed by atoms with Crippen LogP contribution in [0.1, 0.15) is 28.7 Å². The van der Waals surface area contributed by atoms with Gasteiger partial charge in [-0.05, 0) is 19.1 Å². The number of thiazole rings is 1. The third-order valence-corrected chi connectivity index (χ3v) is 5.71. The molecular weight excluding hydrogens is 403 g/mol. The Morgan fingerprint density at radius 2 is 1.89 bits per heavy atom. The summed E-state index contributed by atoms with van der Waals surface area (Å²) in [5.74, 6) is -0.601. The smallest absolute Gasteiger partial charge is 0.352 e. The van der Waals surface area contributed by atoms with Crippen molar-refractivity contribution in [3.8, 4) is 11.3 Å². The lowest BCUT2D eigenvalue weighted by atomic mass is 10.1. The fraction of sp³-hybridized carbons (Fsp3) is 0.375. The third-order valence-electron chi connectivity index (χ3n) is 3.51. The maximum absolute atomic E-state index is 12.1. The molecule has 27 heavy (non-hydrogen) atoms. The number of aromatic nitrogens is 1. The molecule has 2 N–H and O–H groups in total.